The van der Waals surface area contributed by atoms with Crippen molar-refractivity contribution in [2.24, 2.45) is 0 Å². The minimum absolute atomic E-state index is 0.146. The lowest BCUT2D eigenvalue weighted by Gasteiger charge is -2.34. The van der Waals surface area contributed by atoms with E-state index >= 15 is 0 Å². The quantitative estimate of drug-likeness (QED) is 0.189. The van der Waals surface area contributed by atoms with Gasteiger partial charge in [0.25, 0.3) is 0 Å². The highest BCUT2D eigenvalue weighted by atomic mass is 15.2. The van der Waals surface area contributed by atoms with Crippen molar-refractivity contribution in [1.82, 2.24) is 4.57 Å². The van der Waals surface area contributed by atoms with Crippen LogP contribution < -0.4 is 4.90 Å². The molecule has 3 aliphatic rings. The molecule has 0 fully saturated rings. The Balaban J connectivity index is 1.13. The minimum atomic E-state index is -0.146. The molecule has 1 heterocycles. The lowest BCUT2D eigenvalue weighted by atomic mass is 9.82. The topological polar surface area (TPSA) is 8.17 Å². The minimum Gasteiger partial charge on any atom is -0.334 e. The highest BCUT2D eigenvalue weighted by molar-refractivity contribution is 6.09. The molecular formula is C45H38N2. The molecule has 0 radical (unpaired) electrons. The van der Waals surface area contributed by atoms with E-state index in [9.17, 15) is 0 Å². The van der Waals surface area contributed by atoms with Crippen LogP contribution >= 0.6 is 0 Å². The summed E-state index contributed by atoms with van der Waals surface area (Å²) in [6, 6.07) is 41.2. The average Bonchev–Trinajstić information content (AvgIpc) is 3.58. The molecule has 0 saturated heterocycles. The smallest absolute Gasteiger partial charge is 0.0559 e. The summed E-state index contributed by atoms with van der Waals surface area (Å²) in [6.45, 7) is 4.79. The Morgan fingerprint density at radius 3 is 2.02 bits per heavy atom. The number of para-hydroxylation sites is 2. The maximum atomic E-state index is 2.53. The van der Waals surface area contributed by atoms with Crippen LogP contribution in [0.4, 0.5) is 11.4 Å². The molecule has 0 saturated carbocycles. The summed E-state index contributed by atoms with van der Waals surface area (Å²) in [5.41, 5.74) is 14.1. The van der Waals surface area contributed by atoms with E-state index in [1.165, 1.54) is 72.3 Å². The Kier molecular flexibility index (Phi) is 6.47. The number of hydrogen-bond acceptors (Lipinski definition) is 1. The van der Waals surface area contributed by atoms with Crippen LogP contribution in [0, 0.1) is 0 Å². The number of nitrogens with zero attached hydrogens (tertiary/aromatic N) is 2. The Bertz CT molecular complexity index is 2250. The Morgan fingerprint density at radius 1 is 0.660 bits per heavy atom. The first-order chi connectivity index (χ1) is 23.1. The molecule has 0 spiro atoms. The van der Waals surface area contributed by atoms with Gasteiger partial charge in [0, 0.05) is 33.2 Å². The number of rotatable bonds is 5. The first kappa shape index (κ1) is 27.9. The van der Waals surface area contributed by atoms with Crippen molar-refractivity contribution >= 4 is 38.8 Å². The van der Waals surface area contributed by atoms with Crippen molar-refractivity contribution in [1.29, 1.82) is 0 Å². The molecular weight excluding hydrogens is 569 g/mol. The fraction of sp³-hybridized carbons (Fsp3) is 0.156. The normalized spacial score (nSPS) is 17.6. The third kappa shape index (κ3) is 4.47. The molecule has 0 aliphatic heterocycles. The molecule has 5 aromatic carbocycles. The molecule has 0 amide bonds. The van der Waals surface area contributed by atoms with E-state index in [1.54, 1.807) is 0 Å². The lowest BCUT2D eigenvalue weighted by Crippen LogP contribution is -2.30. The van der Waals surface area contributed by atoms with Crippen LogP contribution in [0.15, 0.2) is 152 Å². The van der Waals surface area contributed by atoms with Crippen molar-refractivity contribution in [2.45, 2.75) is 44.6 Å². The summed E-state index contributed by atoms with van der Waals surface area (Å²) in [4.78, 5) is 2.53. The van der Waals surface area contributed by atoms with E-state index in [4.69, 9.17) is 0 Å². The van der Waals surface area contributed by atoms with E-state index in [1.807, 2.05) is 0 Å². The van der Waals surface area contributed by atoms with Gasteiger partial charge in [0.15, 0.2) is 0 Å². The molecule has 2 heteroatoms. The van der Waals surface area contributed by atoms with Crippen LogP contribution in [0.1, 0.15) is 49.8 Å². The van der Waals surface area contributed by atoms with Gasteiger partial charge >= 0.3 is 0 Å². The molecule has 6 aromatic rings. The number of fused-ring (bicyclic) bond motifs is 6. The van der Waals surface area contributed by atoms with Crippen LogP contribution in [0.25, 0.3) is 44.2 Å². The van der Waals surface area contributed by atoms with Gasteiger partial charge in [-0.15, -0.1) is 0 Å². The van der Waals surface area contributed by atoms with Crippen molar-refractivity contribution in [3.05, 3.63) is 168 Å². The second kappa shape index (κ2) is 10.9. The first-order valence-corrected chi connectivity index (χ1v) is 17.0. The van der Waals surface area contributed by atoms with Crippen molar-refractivity contribution in [3.8, 4) is 16.8 Å². The Labute approximate surface area is 277 Å². The molecule has 1 unspecified atom stereocenters. The van der Waals surface area contributed by atoms with Crippen LogP contribution in [0.3, 0.4) is 0 Å². The van der Waals surface area contributed by atoms with Gasteiger partial charge in [-0.1, -0.05) is 117 Å². The Hall–Kier alpha value is -5.34. The summed E-state index contributed by atoms with van der Waals surface area (Å²) >= 11 is 0. The average molecular weight is 607 g/mol. The lowest BCUT2D eigenvalue weighted by molar-refractivity contribution is 0.659. The monoisotopic (exact) mass is 606 g/mol. The fourth-order valence-corrected chi connectivity index (χ4v) is 8.14. The van der Waals surface area contributed by atoms with E-state index in [0.29, 0.717) is 0 Å². The maximum absolute atomic E-state index is 2.53. The third-order valence-corrected chi connectivity index (χ3v) is 10.5. The maximum Gasteiger partial charge on any atom is 0.0559 e. The molecule has 2 nitrogen and oxygen atoms in total. The van der Waals surface area contributed by atoms with Gasteiger partial charge in [0.1, 0.15) is 0 Å². The standard InChI is InChI=1S/C45H38N2/c1-45(2)41-29-35(46(33-15-7-4-8-16-33)34-23-21-32(22-24-34)31-13-5-3-6-14-31)25-27-37(41)38-28-26-36(30-42(38)45)47-43-19-11-9-17-39(43)40-18-10-12-20-44(40)47/h4-5,7-15,17-30,33H,3,6,16H2,1-2H3. The summed E-state index contributed by atoms with van der Waals surface area (Å²) in [5, 5.41) is 2.59. The van der Waals surface area contributed by atoms with E-state index in [0.717, 1.165) is 19.3 Å². The zero-order chi connectivity index (χ0) is 31.5. The Morgan fingerprint density at radius 2 is 1.34 bits per heavy atom. The third-order valence-electron chi connectivity index (χ3n) is 10.5. The SMILES string of the molecule is CC1(C)c2cc(N(c3ccc(C4=CCCC=C4)cc3)C3C=CC=CC3)ccc2-c2ccc(-n3c4ccccc4c4ccccc43)cc21. The largest absolute Gasteiger partial charge is 0.334 e. The molecule has 1 aromatic heterocycles. The van der Waals surface area contributed by atoms with E-state index in [2.05, 4.69) is 175 Å². The molecule has 0 N–H and O–H groups in total. The zero-order valence-electron chi connectivity index (χ0n) is 27.0. The number of aromatic nitrogens is 1. The number of hydrogen-bond donors (Lipinski definition) is 0. The molecule has 228 valence electrons. The van der Waals surface area contributed by atoms with Gasteiger partial charge in [-0.25, -0.2) is 0 Å². The van der Waals surface area contributed by atoms with Crippen molar-refractivity contribution in [2.75, 3.05) is 4.90 Å². The fourth-order valence-electron chi connectivity index (χ4n) is 8.14. The van der Waals surface area contributed by atoms with E-state index < -0.39 is 0 Å². The van der Waals surface area contributed by atoms with Crippen LogP contribution in [0.2, 0.25) is 0 Å². The summed E-state index contributed by atoms with van der Waals surface area (Å²) in [7, 11) is 0. The molecule has 1 atom stereocenters. The van der Waals surface area contributed by atoms with Crippen molar-refractivity contribution < 1.29 is 0 Å². The summed E-state index contributed by atoms with van der Waals surface area (Å²) in [6.07, 6.45) is 19.1. The summed E-state index contributed by atoms with van der Waals surface area (Å²) in [5.74, 6) is 0. The van der Waals surface area contributed by atoms with Crippen LogP contribution in [-0.4, -0.2) is 10.6 Å². The molecule has 3 aliphatic carbocycles. The van der Waals surface area contributed by atoms with Crippen LogP contribution in [0.5, 0.6) is 0 Å². The second-order valence-corrected chi connectivity index (χ2v) is 13.6. The predicted molar refractivity (Wildman–Crippen MR) is 200 cm³/mol. The zero-order valence-corrected chi connectivity index (χ0v) is 27.0. The van der Waals surface area contributed by atoms with Gasteiger partial charge in [-0.2, -0.15) is 0 Å². The molecule has 47 heavy (non-hydrogen) atoms. The second-order valence-electron chi connectivity index (χ2n) is 13.6. The van der Waals surface area contributed by atoms with Gasteiger partial charge < -0.3 is 9.47 Å². The van der Waals surface area contributed by atoms with Gasteiger partial charge in [0.05, 0.1) is 17.1 Å². The highest BCUT2D eigenvalue weighted by Crippen LogP contribution is 2.51. The van der Waals surface area contributed by atoms with Crippen molar-refractivity contribution in [3.63, 3.8) is 0 Å². The van der Waals surface area contributed by atoms with Gasteiger partial charge in [-0.3, -0.25) is 0 Å². The number of anilines is 2. The van der Waals surface area contributed by atoms with Gasteiger partial charge in [0.2, 0.25) is 0 Å². The number of allylic oxidation sites excluding steroid dienone is 6. The van der Waals surface area contributed by atoms with Gasteiger partial charge in [-0.05, 0) is 101 Å². The molecule has 9 rings (SSSR count). The predicted octanol–water partition coefficient (Wildman–Crippen LogP) is 11.8. The van der Waals surface area contributed by atoms with E-state index in [-0.39, 0.29) is 11.5 Å². The highest BCUT2D eigenvalue weighted by Gasteiger charge is 2.37. The number of benzene rings is 5. The molecule has 0 bridgehead atoms. The first-order valence-electron chi connectivity index (χ1n) is 17.0. The van der Waals surface area contributed by atoms with Crippen LogP contribution in [-0.2, 0) is 5.41 Å². The summed E-state index contributed by atoms with van der Waals surface area (Å²) < 4.78 is 2.43.